The quantitative estimate of drug-likeness (QED) is 0.610. The number of nitrogens with zero attached hydrogens (tertiary/aromatic N) is 3. The molecule has 1 aliphatic rings. The summed E-state index contributed by atoms with van der Waals surface area (Å²) in [5.41, 5.74) is 5.45. The van der Waals surface area contributed by atoms with Gasteiger partial charge in [0.05, 0.1) is 12.2 Å². The van der Waals surface area contributed by atoms with Crippen molar-refractivity contribution in [2.75, 3.05) is 13.1 Å². The highest BCUT2D eigenvalue weighted by Crippen LogP contribution is 2.22. The van der Waals surface area contributed by atoms with Crippen molar-refractivity contribution in [2.45, 2.75) is 31.3 Å². The average molecular weight is 285 g/mol. The molecule has 1 aromatic heterocycles. The highest BCUT2D eigenvalue weighted by Gasteiger charge is 2.31. The maximum Gasteiger partial charge on any atom is 0.262 e. The smallest absolute Gasteiger partial charge is 0.262 e. The van der Waals surface area contributed by atoms with Gasteiger partial charge in [-0.05, 0) is 19.8 Å². The molecule has 0 amide bonds. The third-order valence-corrected chi connectivity index (χ3v) is 5.26. The molecule has 3 N–H and O–H groups in total. The molecule has 1 aliphatic heterocycles. The number of nitrogens with two attached hydrogens (primary N) is 1. The van der Waals surface area contributed by atoms with Gasteiger partial charge in [-0.2, -0.15) is 4.31 Å². The van der Waals surface area contributed by atoms with Gasteiger partial charge in [0.15, 0.2) is 5.03 Å². The van der Waals surface area contributed by atoms with E-state index in [2.05, 4.69) is 4.98 Å². The Labute approximate surface area is 113 Å². The van der Waals surface area contributed by atoms with E-state index in [9.17, 15) is 8.42 Å². The van der Waals surface area contributed by atoms with Gasteiger partial charge in [-0.25, -0.2) is 13.4 Å². The number of hydrogen-bond acceptors (Lipinski definition) is 4. The monoisotopic (exact) mass is 285 g/mol. The van der Waals surface area contributed by atoms with Gasteiger partial charge >= 0.3 is 0 Å². The van der Waals surface area contributed by atoms with Crippen LogP contribution in [-0.2, 0) is 16.6 Å². The third kappa shape index (κ3) is 2.79. The molecule has 0 aromatic carbocycles. The normalized spacial score (nSPS) is 18.6. The number of amidine groups is 1. The van der Waals surface area contributed by atoms with E-state index in [4.69, 9.17) is 11.1 Å². The zero-order chi connectivity index (χ0) is 14.0. The van der Waals surface area contributed by atoms with Crippen LogP contribution in [0.3, 0.4) is 0 Å². The summed E-state index contributed by atoms with van der Waals surface area (Å²) in [5, 5.41) is 7.49. The predicted molar refractivity (Wildman–Crippen MR) is 71.3 cm³/mol. The number of hydrogen-bond donors (Lipinski definition) is 2. The molecule has 19 heavy (non-hydrogen) atoms. The molecule has 106 valence electrons. The molecule has 8 heteroatoms. The third-order valence-electron chi connectivity index (χ3n) is 3.47. The summed E-state index contributed by atoms with van der Waals surface area (Å²) in [7, 11) is -3.51. The second-order valence-electron chi connectivity index (χ2n) is 4.68. The first-order chi connectivity index (χ1) is 8.95. The Kier molecular flexibility index (Phi) is 3.91. The molecule has 0 atom stereocenters. The molecular weight excluding hydrogens is 266 g/mol. The summed E-state index contributed by atoms with van der Waals surface area (Å²) >= 11 is 0. The first-order valence-corrected chi connectivity index (χ1v) is 7.75. The van der Waals surface area contributed by atoms with Crippen LogP contribution in [0.1, 0.15) is 19.8 Å². The molecule has 1 aromatic rings. The Morgan fingerprint density at radius 1 is 1.53 bits per heavy atom. The largest absolute Gasteiger partial charge is 0.387 e. The van der Waals surface area contributed by atoms with Gasteiger partial charge in [0.25, 0.3) is 10.0 Å². The highest BCUT2D eigenvalue weighted by molar-refractivity contribution is 7.89. The number of aryl methyl sites for hydroxylation is 1. The van der Waals surface area contributed by atoms with Crippen molar-refractivity contribution < 1.29 is 8.42 Å². The maximum atomic E-state index is 12.4. The van der Waals surface area contributed by atoms with Crippen molar-refractivity contribution in [3.63, 3.8) is 0 Å². The number of rotatable bonds is 4. The second kappa shape index (κ2) is 5.30. The highest BCUT2D eigenvalue weighted by atomic mass is 32.2. The molecule has 0 bridgehead atoms. The van der Waals surface area contributed by atoms with Crippen LogP contribution in [0.5, 0.6) is 0 Å². The Bertz CT molecular complexity index is 557. The molecule has 0 radical (unpaired) electrons. The Hall–Kier alpha value is -1.41. The molecule has 2 rings (SSSR count). The lowest BCUT2D eigenvalue weighted by Crippen LogP contribution is -2.41. The van der Waals surface area contributed by atoms with Gasteiger partial charge in [-0.15, -0.1) is 0 Å². The molecule has 1 fully saturated rings. The molecular formula is C11H19N5O2S. The standard InChI is InChI=1S/C11H19N5O2S/c1-2-15-7-10(14-8-15)19(17,18)16-5-3-9(4-6-16)11(12)13/h7-9H,2-6H2,1H3,(H3,12,13). The van der Waals surface area contributed by atoms with E-state index in [1.165, 1.54) is 10.6 Å². The summed E-state index contributed by atoms with van der Waals surface area (Å²) in [6, 6.07) is 0. The van der Waals surface area contributed by atoms with Crippen molar-refractivity contribution >= 4 is 15.9 Å². The van der Waals surface area contributed by atoms with Gasteiger partial charge in [0, 0.05) is 31.7 Å². The Morgan fingerprint density at radius 2 is 2.16 bits per heavy atom. The first kappa shape index (κ1) is 14.0. The van der Waals surface area contributed by atoms with Gasteiger partial charge in [0.1, 0.15) is 0 Å². The SMILES string of the molecule is CCn1cnc(S(=O)(=O)N2CCC(C(=N)N)CC2)c1. The zero-order valence-electron chi connectivity index (χ0n) is 10.9. The fourth-order valence-electron chi connectivity index (χ4n) is 2.19. The number of sulfonamides is 1. The van der Waals surface area contributed by atoms with Crippen LogP contribution in [0.25, 0.3) is 0 Å². The minimum atomic E-state index is -3.51. The van der Waals surface area contributed by atoms with Gasteiger partial charge in [-0.1, -0.05) is 0 Å². The van der Waals surface area contributed by atoms with E-state index in [1.54, 1.807) is 10.8 Å². The Morgan fingerprint density at radius 3 is 2.63 bits per heavy atom. The molecule has 0 aliphatic carbocycles. The van der Waals surface area contributed by atoms with Crippen molar-refractivity contribution in [1.29, 1.82) is 5.41 Å². The van der Waals surface area contributed by atoms with E-state index in [0.29, 0.717) is 32.5 Å². The van der Waals surface area contributed by atoms with E-state index in [-0.39, 0.29) is 16.8 Å². The lowest BCUT2D eigenvalue weighted by atomic mass is 9.97. The summed E-state index contributed by atoms with van der Waals surface area (Å²) in [4.78, 5) is 3.95. The topological polar surface area (TPSA) is 105 Å². The molecule has 0 saturated carbocycles. The first-order valence-electron chi connectivity index (χ1n) is 6.31. The van der Waals surface area contributed by atoms with Crippen LogP contribution in [-0.4, -0.2) is 41.2 Å². The van der Waals surface area contributed by atoms with Gasteiger partial charge in [0.2, 0.25) is 0 Å². The zero-order valence-corrected chi connectivity index (χ0v) is 11.7. The van der Waals surface area contributed by atoms with Crippen LogP contribution in [0.15, 0.2) is 17.6 Å². The lowest BCUT2D eigenvalue weighted by Gasteiger charge is -2.29. The van der Waals surface area contributed by atoms with E-state index in [0.717, 1.165) is 0 Å². The fraction of sp³-hybridized carbons (Fsp3) is 0.636. The number of nitrogens with one attached hydrogen (secondary N) is 1. The van der Waals surface area contributed by atoms with Crippen LogP contribution in [0.2, 0.25) is 0 Å². The van der Waals surface area contributed by atoms with E-state index < -0.39 is 10.0 Å². The van der Waals surface area contributed by atoms with Crippen molar-refractivity contribution in [3.05, 3.63) is 12.5 Å². The number of imidazole rings is 1. The van der Waals surface area contributed by atoms with Crippen LogP contribution in [0, 0.1) is 11.3 Å². The molecule has 7 nitrogen and oxygen atoms in total. The van der Waals surface area contributed by atoms with Crippen LogP contribution < -0.4 is 5.73 Å². The molecule has 1 saturated heterocycles. The maximum absolute atomic E-state index is 12.4. The summed E-state index contributed by atoms with van der Waals surface area (Å²) in [5.74, 6) is 0.145. The van der Waals surface area contributed by atoms with E-state index in [1.807, 2.05) is 6.92 Å². The number of piperidine rings is 1. The molecule has 2 heterocycles. The summed E-state index contributed by atoms with van der Waals surface area (Å²) < 4.78 is 27.9. The van der Waals surface area contributed by atoms with Crippen molar-refractivity contribution in [1.82, 2.24) is 13.9 Å². The van der Waals surface area contributed by atoms with E-state index >= 15 is 0 Å². The predicted octanol–water partition coefficient (Wildman–Crippen LogP) is 0.240. The number of aromatic nitrogens is 2. The second-order valence-corrected chi connectivity index (χ2v) is 6.56. The molecule has 0 spiro atoms. The molecule has 0 unspecified atom stereocenters. The van der Waals surface area contributed by atoms with Crippen LogP contribution in [0.4, 0.5) is 0 Å². The lowest BCUT2D eigenvalue weighted by molar-refractivity contribution is 0.314. The Balaban J connectivity index is 2.11. The van der Waals surface area contributed by atoms with Crippen LogP contribution >= 0.6 is 0 Å². The fourth-order valence-corrected chi connectivity index (χ4v) is 3.59. The minimum absolute atomic E-state index is 0.000325. The van der Waals surface area contributed by atoms with Gasteiger partial charge < -0.3 is 10.3 Å². The average Bonchev–Trinajstić information content (AvgIpc) is 2.88. The van der Waals surface area contributed by atoms with Gasteiger partial charge in [-0.3, -0.25) is 5.41 Å². The summed E-state index contributed by atoms with van der Waals surface area (Å²) in [6.07, 6.45) is 4.27. The summed E-state index contributed by atoms with van der Waals surface area (Å²) in [6.45, 7) is 3.41. The van der Waals surface area contributed by atoms with Crippen molar-refractivity contribution in [3.8, 4) is 0 Å². The van der Waals surface area contributed by atoms with Crippen molar-refractivity contribution in [2.24, 2.45) is 11.7 Å². The minimum Gasteiger partial charge on any atom is -0.387 e.